The molecule has 0 bridgehead atoms. The van der Waals surface area contributed by atoms with Crippen LogP contribution >= 0.6 is 23.2 Å². The number of hydrogen-bond acceptors (Lipinski definition) is 3. The van der Waals surface area contributed by atoms with E-state index in [1.165, 1.54) is 54.6 Å². The van der Waals surface area contributed by atoms with Gasteiger partial charge in [-0.05, 0) is 48.5 Å². The van der Waals surface area contributed by atoms with Crippen molar-refractivity contribution in [3.8, 4) is 0 Å². The van der Waals surface area contributed by atoms with E-state index in [1.54, 1.807) is 6.07 Å². The Morgan fingerprint density at radius 1 is 0.893 bits per heavy atom. The normalized spacial score (nSPS) is 11.1. The van der Waals surface area contributed by atoms with Crippen molar-refractivity contribution in [1.82, 2.24) is 0 Å². The molecular formula is C19H13Cl2FN2O3S. The second-order valence-corrected chi connectivity index (χ2v) is 8.22. The van der Waals surface area contributed by atoms with Crippen molar-refractivity contribution in [3.63, 3.8) is 0 Å². The molecule has 2 N–H and O–H groups in total. The molecule has 0 fully saturated rings. The third-order valence-electron chi connectivity index (χ3n) is 3.70. The first-order valence-electron chi connectivity index (χ1n) is 7.90. The number of rotatable bonds is 5. The Morgan fingerprint density at radius 3 is 2.39 bits per heavy atom. The average molecular weight is 439 g/mol. The lowest BCUT2D eigenvalue weighted by Gasteiger charge is -2.11. The first kappa shape index (κ1) is 20.1. The second-order valence-electron chi connectivity index (χ2n) is 5.69. The molecule has 1 amide bonds. The van der Waals surface area contributed by atoms with Gasteiger partial charge in [-0.2, -0.15) is 0 Å². The average Bonchev–Trinajstić information content (AvgIpc) is 2.66. The molecule has 0 aliphatic heterocycles. The van der Waals surface area contributed by atoms with Crippen LogP contribution in [0.5, 0.6) is 0 Å². The van der Waals surface area contributed by atoms with Gasteiger partial charge >= 0.3 is 0 Å². The molecule has 3 rings (SSSR count). The van der Waals surface area contributed by atoms with Crippen molar-refractivity contribution in [1.29, 1.82) is 0 Å². The zero-order valence-electron chi connectivity index (χ0n) is 14.1. The van der Waals surface area contributed by atoms with E-state index in [4.69, 9.17) is 23.2 Å². The summed E-state index contributed by atoms with van der Waals surface area (Å²) in [4.78, 5) is 12.3. The van der Waals surface area contributed by atoms with E-state index >= 15 is 0 Å². The Morgan fingerprint density at radius 2 is 1.64 bits per heavy atom. The van der Waals surface area contributed by atoms with E-state index in [0.717, 1.165) is 6.07 Å². The van der Waals surface area contributed by atoms with Gasteiger partial charge in [0.15, 0.2) is 0 Å². The number of sulfonamides is 1. The number of hydrogen-bond donors (Lipinski definition) is 2. The monoisotopic (exact) mass is 438 g/mol. The number of carbonyl (C=O) groups excluding carboxylic acids is 1. The molecular weight excluding hydrogens is 426 g/mol. The molecule has 5 nitrogen and oxygen atoms in total. The molecule has 3 aromatic rings. The molecule has 0 atom stereocenters. The molecule has 0 radical (unpaired) electrons. The highest BCUT2D eigenvalue weighted by Gasteiger charge is 2.18. The van der Waals surface area contributed by atoms with Gasteiger partial charge in [-0.1, -0.05) is 41.4 Å². The number of para-hydroxylation sites is 1. The van der Waals surface area contributed by atoms with Crippen LogP contribution in [0.1, 0.15) is 10.4 Å². The number of nitrogens with one attached hydrogen (secondary N) is 2. The van der Waals surface area contributed by atoms with Crippen LogP contribution < -0.4 is 10.0 Å². The van der Waals surface area contributed by atoms with E-state index < -0.39 is 21.7 Å². The summed E-state index contributed by atoms with van der Waals surface area (Å²) in [6.07, 6.45) is 0. The molecule has 3 aromatic carbocycles. The fraction of sp³-hybridized carbons (Fsp3) is 0. The number of halogens is 3. The number of carbonyl (C=O) groups is 1. The third kappa shape index (κ3) is 4.62. The van der Waals surface area contributed by atoms with Crippen LogP contribution in [0.25, 0.3) is 0 Å². The summed E-state index contributed by atoms with van der Waals surface area (Å²) in [5.41, 5.74) is 0.174. The van der Waals surface area contributed by atoms with E-state index in [0.29, 0.717) is 5.02 Å². The maximum atomic E-state index is 13.7. The number of anilines is 2. The lowest BCUT2D eigenvalue weighted by atomic mass is 10.2. The van der Waals surface area contributed by atoms with Crippen molar-refractivity contribution >= 4 is 50.5 Å². The predicted molar refractivity (Wildman–Crippen MR) is 108 cm³/mol. The Hall–Kier alpha value is -2.61. The molecule has 28 heavy (non-hydrogen) atoms. The quantitative estimate of drug-likeness (QED) is 0.575. The molecule has 0 saturated carbocycles. The highest BCUT2D eigenvalue weighted by molar-refractivity contribution is 7.92. The molecule has 9 heteroatoms. The molecule has 0 spiro atoms. The summed E-state index contributed by atoms with van der Waals surface area (Å²) in [7, 11) is -4.10. The number of benzene rings is 3. The second kappa shape index (κ2) is 8.18. The van der Waals surface area contributed by atoms with Gasteiger partial charge in [0, 0.05) is 10.6 Å². The zero-order chi connectivity index (χ0) is 20.3. The van der Waals surface area contributed by atoms with Gasteiger partial charge in [-0.25, -0.2) is 12.8 Å². The van der Waals surface area contributed by atoms with E-state index in [1.807, 2.05) is 0 Å². The first-order chi connectivity index (χ1) is 13.3. The van der Waals surface area contributed by atoms with Gasteiger partial charge < -0.3 is 5.32 Å². The largest absolute Gasteiger partial charge is 0.321 e. The van der Waals surface area contributed by atoms with Crippen molar-refractivity contribution in [2.24, 2.45) is 0 Å². The topological polar surface area (TPSA) is 75.3 Å². The van der Waals surface area contributed by atoms with Crippen LogP contribution in [-0.2, 0) is 10.0 Å². The highest BCUT2D eigenvalue weighted by Crippen LogP contribution is 2.26. The van der Waals surface area contributed by atoms with Gasteiger partial charge in [0.2, 0.25) is 0 Å². The summed E-state index contributed by atoms with van der Waals surface area (Å²) < 4.78 is 41.0. The first-order valence-corrected chi connectivity index (χ1v) is 10.1. The lowest BCUT2D eigenvalue weighted by Crippen LogP contribution is -2.16. The van der Waals surface area contributed by atoms with Crippen LogP contribution in [0.15, 0.2) is 71.6 Å². The van der Waals surface area contributed by atoms with Gasteiger partial charge in [-0.15, -0.1) is 0 Å². The van der Waals surface area contributed by atoms with Gasteiger partial charge in [0.1, 0.15) is 5.82 Å². The van der Waals surface area contributed by atoms with Crippen molar-refractivity contribution in [2.45, 2.75) is 4.90 Å². The molecule has 0 heterocycles. The van der Waals surface area contributed by atoms with Crippen LogP contribution in [0, 0.1) is 5.82 Å². The maximum Gasteiger partial charge on any atom is 0.262 e. The minimum atomic E-state index is -4.10. The maximum absolute atomic E-state index is 13.7. The summed E-state index contributed by atoms with van der Waals surface area (Å²) in [6, 6.07) is 15.3. The molecule has 0 aromatic heterocycles. The minimum Gasteiger partial charge on any atom is -0.321 e. The zero-order valence-corrected chi connectivity index (χ0v) is 16.4. The van der Waals surface area contributed by atoms with E-state index in [9.17, 15) is 17.6 Å². The van der Waals surface area contributed by atoms with Crippen molar-refractivity contribution in [3.05, 3.63) is 88.2 Å². The summed E-state index contributed by atoms with van der Waals surface area (Å²) >= 11 is 11.9. The SMILES string of the molecule is O=C(Nc1cc(Cl)ccc1Cl)c1cccc(S(=O)(=O)Nc2ccccc2F)c1. The van der Waals surface area contributed by atoms with Crippen molar-refractivity contribution in [2.75, 3.05) is 10.0 Å². The van der Waals surface area contributed by atoms with Crippen molar-refractivity contribution < 1.29 is 17.6 Å². The van der Waals surface area contributed by atoms with Crippen LogP contribution in [0.3, 0.4) is 0 Å². The molecule has 0 unspecified atom stereocenters. The smallest absolute Gasteiger partial charge is 0.262 e. The third-order valence-corrected chi connectivity index (χ3v) is 5.63. The summed E-state index contributed by atoms with van der Waals surface area (Å²) in [5.74, 6) is -1.29. The summed E-state index contributed by atoms with van der Waals surface area (Å²) in [5, 5.41) is 3.23. The van der Waals surface area contributed by atoms with E-state index in [-0.39, 0.29) is 26.9 Å². The molecule has 0 aliphatic rings. The fourth-order valence-electron chi connectivity index (χ4n) is 2.34. The van der Waals surface area contributed by atoms with Gasteiger partial charge in [0.05, 0.1) is 21.3 Å². The highest BCUT2D eigenvalue weighted by atomic mass is 35.5. The van der Waals surface area contributed by atoms with E-state index in [2.05, 4.69) is 10.0 Å². The minimum absolute atomic E-state index is 0.0763. The number of amides is 1. The Labute approximate surface area is 171 Å². The van der Waals surface area contributed by atoms with Gasteiger partial charge in [0.25, 0.3) is 15.9 Å². The lowest BCUT2D eigenvalue weighted by molar-refractivity contribution is 0.102. The Balaban J connectivity index is 1.86. The molecule has 0 aliphatic carbocycles. The van der Waals surface area contributed by atoms with Crippen LogP contribution in [0.2, 0.25) is 10.0 Å². The summed E-state index contributed by atoms with van der Waals surface area (Å²) in [6.45, 7) is 0. The van der Waals surface area contributed by atoms with Crippen LogP contribution in [-0.4, -0.2) is 14.3 Å². The standard InChI is InChI=1S/C19H13Cl2FN2O3S/c20-13-8-9-15(21)18(11-13)23-19(25)12-4-3-5-14(10-12)28(26,27)24-17-7-2-1-6-16(17)22/h1-11,24H,(H,23,25). The Kier molecular flexibility index (Phi) is 5.88. The van der Waals surface area contributed by atoms with Gasteiger partial charge in [-0.3, -0.25) is 9.52 Å². The predicted octanol–water partition coefficient (Wildman–Crippen LogP) is 5.19. The molecule has 0 saturated heterocycles. The van der Waals surface area contributed by atoms with Crippen LogP contribution in [0.4, 0.5) is 15.8 Å². The fourth-order valence-corrected chi connectivity index (χ4v) is 3.79. The Bertz CT molecular complexity index is 1150. The molecule has 144 valence electrons.